The Morgan fingerprint density at radius 1 is 1.21 bits per heavy atom. The van der Waals surface area contributed by atoms with E-state index in [0.29, 0.717) is 17.8 Å². The van der Waals surface area contributed by atoms with Crippen molar-refractivity contribution in [2.75, 3.05) is 0 Å². The zero-order chi connectivity index (χ0) is 20.1. The number of hydrogen-bond acceptors (Lipinski definition) is 6. The Hall–Kier alpha value is -4.18. The second-order valence-corrected chi connectivity index (χ2v) is 6.27. The van der Waals surface area contributed by atoms with Gasteiger partial charge in [0.05, 0.1) is 17.3 Å². The van der Waals surface area contributed by atoms with Crippen molar-refractivity contribution in [3.8, 4) is 6.07 Å². The highest BCUT2D eigenvalue weighted by molar-refractivity contribution is 5.79. The topological polar surface area (TPSA) is 92.1 Å². The predicted octanol–water partition coefficient (Wildman–Crippen LogP) is 3.77. The normalized spacial score (nSPS) is 12.3. The number of aromatic nitrogens is 5. The molecular formula is C22H17N7. The highest BCUT2D eigenvalue weighted by Gasteiger charge is 2.10. The van der Waals surface area contributed by atoms with Crippen LogP contribution in [0.15, 0.2) is 72.0 Å². The molecule has 0 amide bonds. The Bertz CT molecular complexity index is 1310. The SMILES string of the molecule is CC=N/C=C(\C=C\C#N)c1ccc2nnc(Cc3ccc4ncccc4c3)n2n1. The highest BCUT2D eigenvalue weighted by atomic mass is 15.4. The second-order valence-electron chi connectivity index (χ2n) is 6.27. The Labute approximate surface area is 167 Å². The first-order valence-corrected chi connectivity index (χ1v) is 9.08. The molecule has 140 valence electrons. The molecule has 0 aliphatic rings. The largest absolute Gasteiger partial charge is 0.269 e. The molecule has 0 saturated carbocycles. The third-order valence-electron chi connectivity index (χ3n) is 4.35. The van der Waals surface area contributed by atoms with Crippen LogP contribution in [0.5, 0.6) is 0 Å². The van der Waals surface area contributed by atoms with Gasteiger partial charge in [0.15, 0.2) is 11.5 Å². The Kier molecular flexibility index (Phi) is 5.16. The van der Waals surface area contributed by atoms with Crippen molar-refractivity contribution >= 4 is 28.3 Å². The summed E-state index contributed by atoms with van der Waals surface area (Å²) in [5.74, 6) is 0.729. The number of pyridine rings is 1. The van der Waals surface area contributed by atoms with Gasteiger partial charge in [-0.15, -0.1) is 10.2 Å². The van der Waals surface area contributed by atoms with Crippen LogP contribution in [0.3, 0.4) is 0 Å². The molecule has 0 bridgehead atoms. The molecule has 7 nitrogen and oxygen atoms in total. The van der Waals surface area contributed by atoms with Crippen LogP contribution < -0.4 is 0 Å². The summed E-state index contributed by atoms with van der Waals surface area (Å²) in [6.07, 6.45) is 8.80. The number of hydrogen-bond donors (Lipinski definition) is 0. The van der Waals surface area contributed by atoms with Gasteiger partial charge in [0, 0.05) is 42.1 Å². The molecule has 0 aliphatic heterocycles. The van der Waals surface area contributed by atoms with Crippen LogP contribution in [-0.4, -0.2) is 31.0 Å². The zero-order valence-electron chi connectivity index (χ0n) is 15.8. The first-order valence-electron chi connectivity index (χ1n) is 9.08. The number of rotatable bonds is 5. The molecule has 0 N–H and O–H groups in total. The third-order valence-corrected chi connectivity index (χ3v) is 4.35. The lowest BCUT2D eigenvalue weighted by Crippen LogP contribution is -2.02. The van der Waals surface area contributed by atoms with Crippen LogP contribution in [0.1, 0.15) is 24.0 Å². The van der Waals surface area contributed by atoms with Gasteiger partial charge in [0.1, 0.15) is 0 Å². The molecule has 29 heavy (non-hydrogen) atoms. The fraction of sp³-hybridized carbons (Fsp3) is 0.0909. The van der Waals surface area contributed by atoms with Gasteiger partial charge in [0.2, 0.25) is 0 Å². The highest BCUT2D eigenvalue weighted by Crippen LogP contribution is 2.18. The summed E-state index contributed by atoms with van der Waals surface area (Å²) in [5.41, 5.74) is 4.12. The van der Waals surface area contributed by atoms with Crippen LogP contribution in [-0.2, 0) is 6.42 Å². The maximum absolute atomic E-state index is 8.86. The van der Waals surface area contributed by atoms with Crippen molar-refractivity contribution < 1.29 is 0 Å². The van der Waals surface area contributed by atoms with E-state index in [0.717, 1.165) is 27.9 Å². The zero-order valence-corrected chi connectivity index (χ0v) is 15.8. The first kappa shape index (κ1) is 18.2. The monoisotopic (exact) mass is 379 g/mol. The quantitative estimate of drug-likeness (QED) is 0.299. The average molecular weight is 379 g/mol. The number of aliphatic imine (C=N–C) groups is 1. The van der Waals surface area contributed by atoms with Gasteiger partial charge in [-0.3, -0.25) is 9.98 Å². The Morgan fingerprint density at radius 3 is 3.00 bits per heavy atom. The van der Waals surface area contributed by atoms with E-state index in [1.165, 1.54) is 6.08 Å². The smallest absolute Gasteiger partial charge is 0.177 e. The van der Waals surface area contributed by atoms with Crippen molar-refractivity contribution in [3.05, 3.63) is 84.1 Å². The van der Waals surface area contributed by atoms with Crippen LogP contribution >= 0.6 is 0 Å². The molecule has 0 aliphatic carbocycles. The van der Waals surface area contributed by atoms with Gasteiger partial charge in [-0.2, -0.15) is 14.9 Å². The minimum absolute atomic E-state index is 0.586. The molecule has 4 rings (SSSR count). The van der Waals surface area contributed by atoms with E-state index >= 15 is 0 Å². The van der Waals surface area contributed by atoms with Crippen molar-refractivity contribution in [2.24, 2.45) is 4.99 Å². The van der Waals surface area contributed by atoms with E-state index in [4.69, 9.17) is 5.26 Å². The number of nitrogens with zero attached hydrogens (tertiary/aromatic N) is 7. The molecule has 0 fully saturated rings. The van der Waals surface area contributed by atoms with Gasteiger partial charge in [-0.05, 0) is 48.9 Å². The molecule has 0 atom stereocenters. The second kappa shape index (κ2) is 8.23. The predicted molar refractivity (Wildman–Crippen MR) is 112 cm³/mol. The van der Waals surface area contributed by atoms with E-state index in [1.54, 1.807) is 29.2 Å². The molecular weight excluding hydrogens is 362 g/mol. The van der Waals surface area contributed by atoms with Crippen molar-refractivity contribution in [1.29, 1.82) is 5.26 Å². The summed E-state index contributed by atoms with van der Waals surface area (Å²) in [6, 6.07) is 15.8. The number of nitriles is 1. The summed E-state index contributed by atoms with van der Waals surface area (Å²) in [4.78, 5) is 8.51. The number of benzene rings is 1. The lowest BCUT2D eigenvalue weighted by atomic mass is 10.1. The Balaban J connectivity index is 1.72. The lowest BCUT2D eigenvalue weighted by molar-refractivity contribution is 0.832. The molecule has 3 heterocycles. The van der Waals surface area contributed by atoms with Gasteiger partial charge in [0.25, 0.3) is 0 Å². The van der Waals surface area contributed by atoms with Gasteiger partial charge in [-0.25, -0.2) is 0 Å². The maximum Gasteiger partial charge on any atom is 0.177 e. The van der Waals surface area contributed by atoms with Crippen molar-refractivity contribution in [3.63, 3.8) is 0 Å². The van der Waals surface area contributed by atoms with Crippen LogP contribution in [0, 0.1) is 11.3 Å². The minimum Gasteiger partial charge on any atom is -0.269 e. The molecule has 0 unspecified atom stereocenters. The molecule has 7 heteroatoms. The van der Waals surface area contributed by atoms with E-state index in [2.05, 4.69) is 31.3 Å². The third kappa shape index (κ3) is 3.92. The first-order chi connectivity index (χ1) is 14.3. The van der Waals surface area contributed by atoms with Gasteiger partial charge < -0.3 is 0 Å². The maximum atomic E-state index is 8.86. The molecule has 0 spiro atoms. The number of fused-ring (bicyclic) bond motifs is 2. The van der Waals surface area contributed by atoms with Crippen molar-refractivity contribution in [2.45, 2.75) is 13.3 Å². The average Bonchev–Trinajstić information content (AvgIpc) is 3.16. The fourth-order valence-corrected chi connectivity index (χ4v) is 2.99. The van der Waals surface area contributed by atoms with Crippen LogP contribution in [0.2, 0.25) is 0 Å². The van der Waals surface area contributed by atoms with Crippen molar-refractivity contribution in [1.82, 2.24) is 24.8 Å². The summed E-state index contributed by atoms with van der Waals surface area (Å²) in [6.45, 7) is 1.83. The summed E-state index contributed by atoms with van der Waals surface area (Å²) in [7, 11) is 0. The van der Waals surface area contributed by atoms with Gasteiger partial charge in [-0.1, -0.05) is 12.1 Å². The lowest BCUT2D eigenvalue weighted by Gasteiger charge is -2.05. The standard InChI is InChI=1S/C22H17N7/c1-2-24-15-18(5-3-11-23)20-9-10-21-26-27-22(29(21)28-20)14-16-7-8-19-17(13-16)6-4-12-25-19/h2-10,12-13,15H,14H2,1H3/b5-3+,18-15+,24-2?. The molecule has 3 aromatic heterocycles. The van der Waals surface area contributed by atoms with E-state index in [-0.39, 0.29) is 0 Å². The van der Waals surface area contributed by atoms with E-state index < -0.39 is 0 Å². The van der Waals surface area contributed by atoms with E-state index in [9.17, 15) is 0 Å². The summed E-state index contributed by atoms with van der Waals surface area (Å²) < 4.78 is 1.73. The van der Waals surface area contributed by atoms with Crippen LogP contribution in [0.4, 0.5) is 0 Å². The molecule has 1 aromatic carbocycles. The Morgan fingerprint density at radius 2 is 2.14 bits per heavy atom. The summed E-state index contributed by atoms with van der Waals surface area (Å²) >= 11 is 0. The number of allylic oxidation sites excluding steroid dienone is 3. The molecule has 4 aromatic rings. The van der Waals surface area contributed by atoms with E-state index in [1.807, 2.05) is 49.4 Å². The summed E-state index contributed by atoms with van der Waals surface area (Å²) in [5, 5.41) is 23.1. The van der Waals surface area contributed by atoms with Crippen LogP contribution in [0.25, 0.3) is 22.1 Å². The van der Waals surface area contributed by atoms with Gasteiger partial charge >= 0.3 is 0 Å². The minimum atomic E-state index is 0.586. The molecule has 0 saturated heterocycles. The fourth-order valence-electron chi connectivity index (χ4n) is 2.99. The molecule has 0 radical (unpaired) electrons.